The van der Waals surface area contributed by atoms with Gasteiger partial charge in [0.25, 0.3) is 5.56 Å². The molecule has 10 nitrogen and oxygen atoms in total. The fourth-order valence-corrected chi connectivity index (χ4v) is 7.85. The van der Waals surface area contributed by atoms with Gasteiger partial charge >= 0.3 is 5.69 Å². The molecule has 11 heteroatoms. The molecule has 264 valence electrons. The molecule has 0 atom stereocenters. The molecule has 1 amide bonds. The normalized spacial score (nSPS) is 21.2. The lowest BCUT2D eigenvalue weighted by Crippen LogP contribution is -2.50. The molecule has 2 aliphatic carbocycles. The molecular formula is C39H48FN7O3. The van der Waals surface area contributed by atoms with Gasteiger partial charge in [0.15, 0.2) is 5.65 Å². The molecule has 50 heavy (non-hydrogen) atoms. The lowest BCUT2D eigenvalue weighted by atomic mass is 9.90. The van der Waals surface area contributed by atoms with Gasteiger partial charge in [0.2, 0.25) is 5.91 Å². The van der Waals surface area contributed by atoms with Crippen molar-refractivity contribution in [1.29, 1.82) is 0 Å². The molecule has 0 spiro atoms. The van der Waals surface area contributed by atoms with Gasteiger partial charge in [-0.05, 0) is 101 Å². The van der Waals surface area contributed by atoms with Crippen LogP contribution in [0.25, 0.3) is 27.8 Å². The first-order valence-electron chi connectivity index (χ1n) is 18.0. The number of carbonyl (C=O) groups excluding carboxylic acids is 1. The van der Waals surface area contributed by atoms with Crippen LogP contribution in [0.2, 0.25) is 0 Å². The number of piperazine rings is 1. The summed E-state index contributed by atoms with van der Waals surface area (Å²) in [4.78, 5) is 52.4. The molecule has 1 aliphatic heterocycles. The van der Waals surface area contributed by atoms with E-state index in [-0.39, 0.29) is 29.0 Å². The average molecular weight is 682 g/mol. The van der Waals surface area contributed by atoms with Gasteiger partial charge in [-0.1, -0.05) is 36.4 Å². The summed E-state index contributed by atoms with van der Waals surface area (Å²) in [5.74, 6) is -0.587. The van der Waals surface area contributed by atoms with Crippen LogP contribution >= 0.6 is 0 Å². The molecule has 0 unspecified atom stereocenters. The van der Waals surface area contributed by atoms with Crippen LogP contribution in [-0.2, 0) is 11.3 Å². The van der Waals surface area contributed by atoms with E-state index in [1.165, 1.54) is 20.8 Å². The Morgan fingerprint density at radius 1 is 0.960 bits per heavy atom. The van der Waals surface area contributed by atoms with Gasteiger partial charge in [-0.2, -0.15) is 0 Å². The van der Waals surface area contributed by atoms with E-state index in [9.17, 15) is 18.8 Å². The summed E-state index contributed by atoms with van der Waals surface area (Å²) < 4.78 is 17.2. The molecule has 2 aromatic carbocycles. The van der Waals surface area contributed by atoms with E-state index in [0.29, 0.717) is 37.4 Å². The van der Waals surface area contributed by atoms with Gasteiger partial charge in [0.05, 0.1) is 22.8 Å². The standard InChI is InChI=1S/C39H48FN7O3/c1-26(2)45-20-18-44(19-21-45)25-27-8-10-28(11-9-27)29-6-5-7-33(22-29)46-35-34(23-30(40)24-41-35)36(48)47(38(46)50)32-14-12-31(13-15-32)42-37(49)39(16-17-39)43(3)4/h5-11,22-24,26,31-32H,12-21,25H2,1-4H3,(H,42,49). The van der Waals surface area contributed by atoms with Crippen LogP contribution in [0, 0.1) is 5.82 Å². The lowest BCUT2D eigenvalue weighted by molar-refractivity contribution is -0.128. The smallest absolute Gasteiger partial charge is 0.337 e. The number of hydrogen-bond acceptors (Lipinski definition) is 7. The number of fused-ring (bicyclic) bond motifs is 1. The number of pyridine rings is 1. The molecule has 1 N–H and O–H groups in total. The van der Waals surface area contributed by atoms with Crippen molar-refractivity contribution in [3.8, 4) is 16.8 Å². The minimum Gasteiger partial charge on any atom is -0.352 e. The summed E-state index contributed by atoms with van der Waals surface area (Å²) in [5.41, 5.74) is 2.40. The zero-order valence-corrected chi connectivity index (χ0v) is 29.6. The molecule has 4 aromatic rings. The molecule has 3 heterocycles. The summed E-state index contributed by atoms with van der Waals surface area (Å²) in [6.45, 7) is 9.69. The Hall–Kier alpha value is -4.19. The highest BCUT2D eigenvalue weighted by Crippen LogP contribution is 2.41. The summed E-state index contributed by atoms with van der Waals surface area (Å²) in [7, 11) is 3.86. The topological polar surface area (TPSA) is 95.7 Å². The number of carbonyl (C=O) groups is 1. The molecular weight excluding hydrogens is 633 g/mol. The van der Waals surface area contributed by atoms with E-state index < -0.39 is 22.6 Å². The third kappa shape index (κ3) is 6.66. The SMILES string of the molecule is CC(C)N1CCN(Cc2ccc(-c3cccc(-n4c(=O)n(C5CCC(NC(=O)C6(N(C)C)CC6)CC5)c(=O)c5cc(F)cnc54)c3)cc2)CC1. The Labute approximate surface area is 292 Å². The highest BCUT2D eigenvalue weighted by atomic mass is 19.1. The van der Waals surface area contributed by atoms with Crippen LogP contribution in [0.1, 0.15) is 64.0 Å². The molecule has 3 fully saturated rings. The number of rotatable bonds is 9. The molecule has 2 aromatic heterocycles. The number of amides is 1. The molecule has 0 radical (unpaired) electrons. The van der Waals surface area contributed by atoms with E-state index in [2.05, 4.69) is 58.2 Å². The van der Waals surface area contributed by atoms with Gasteiger partial charge < -0.3 is 5.32 Å². The predicted octanol–water partition coefficient (Wildman–Crippen LogP) is 4.57. The number of nitrogens with zero attached hydrogens (tertiary/aromatic N) is 6. The average Bonchev–Trinajstić information content (AvgIpc) is 3.93. The van der Waals surface area contributed by atoms with Gasteiger partial charge in [0.1, 0.15) is 5.82 Å². The molecule has 1 saturated heterocycles. The number of hydrogen-bond donors (Lipinski definition) is 1. The van der Waals surface area contributed by atoms with Crippen molar-refractivity contribution < 1.29 is 9.18 Å². The Morgan fingerprint density at radius 2 is 1.66 bits per heavy atom. The molecule has 3 aliphatic rings. The number of benzene rings is 2. The van der Waals surface area contributed by atoms with E-state index in [1.54, 1.807) is 0 Å². The highest BCUT2D eigenvalue weighted by Gasteiger charge is 2.52. The van der Waals surface area contributed by atoms with Gasteiger partial charge in [0, 0.05) is 50.8 Å². The zero-order valence-electron chi connectivity index (χ0n) is 29.6. The number of halogens is 1. The first-order chi connectivity index (χ1) is 24.0. The van der Waals surface area contributed by atoms with Gasteiger partial charge in [-0.25, -0.2) is 18.7 Å². The van der Waals surface area contributed by atoms with Gasteiger partial charge in [-0.3, -0.25) is 28.9 Å². The van der Waals surface area contributed by atoms with Crippen molar-refractivity contribution >= 4 is 16.9 Å². The minimum atomic E-state index is -0.636. The van der Waals surface area contributed by atoms with Crippen LogP contribution in [0.4, 0.5) is 4.39 Å². The lowest BCUT2D eigenvalue weighted by Gasteiger charge is -2.36. The highest BCUT2D eigenvalue weighted by molar-refractivity contribution is 5.89. The van der Waals surface area contributed by atoms with Crippen molar-refractivity contribution in [3.05, 3.63) is 93.0 Å². The second-order valence-electron chi connectivity index (χ2n) is 14.9. The largest absolute Gasteiger partial charge is 0.352 e. The third-order valence-corrected chi connectivity index (χ3v) is 11.2. The van der Waals surface area contributed by atoms with Crippen molar-refractivity contribution in [2.75, 3.05) is 40.3 Å². The Kier molecular flexibility index (Phi) is 9.49. The second kappa shape index (κ2) is 13.8. The number of nitrogens with one attached hydrogen (secondary N) is 1. The molecule has 7 rings (SSSR count). The fraction of sp³-hybridized carbons (Fsp3) is 0.487. The van der Waals surface area contributed by atoms with Crippen LogP contribution < -0.4 is 16.6 Å². The molecule has 2 saturated carbocycles. The monoisotopic (exact) mass is 681 g/mol. The summed E-state index contributed by atoms with van der Waals surface area (Å²) >= 11 is 0. The predicted molar refractivity (Wildman–Crippen MR) is 194 cm³/mol. The Morgan fingerprint density at radius 3 is 2.30 bits per heavy atom. The van der Waals surface area contributed by atoms with Crippen LogP contribution in [-0.4, -0.2) is 92.6 Å². The molecule has 0 bridgehead atoms. The maximum atomic E-state index is 14.5. The summed E-state index contributed by atoms with van der Waals surface area (Å²) in [5, 5.41) is 3.28. The fourth-order valence-electron chi connectivity index (χ4n) is 7.85. The maximum absolute atomic E-state index is 14.5. The number of likely N-dealkylation sites (N-methyl/N-ethyl adjacent to an activating group) is 1. The first kappa shape index (κ1) is 34.3. The van der Waals surface area contributed by atoms with Crippen LogP contribution in [0.3, 0.4) is 0 Å². The summed E-state index contributed by atoms with van der Waals surface area (Å²) in [6.07, 6.45) is 5.12. The minimum absolute atomic E-state index is 0.0215. The van der Waals surface area contributed by atoms with Crippen LogP contribution in [0.15, 0.2) is 70.4 Å². The maximum Gasteiger partial charge on any atom is 0.337 e. The van der Waals surface area contributed by atoms with Crippen molar-refractivity contribution in [2.45, 2.75) is 82.6 Å². The third-order valence-electron chi connectivity index (χ3n) is 11.2. The first-order valence-corrected chi connectivity index (χ1v) is 18.0. The quantitative estimate of drug-likeness (QED) is 0.277. The zero-order chi connectivity index (χ0) is 35.2. The van der Waals surface area contributed by atoms with Crippen molar-refractivity contribution in [3.63, 3.8) is 0 Å². The van der Waals surface area contributed by atoms with E-state index in [1.807, 2.05) is 43.3 Å². The Bertz CT molecular complexity index is 1980. The van der Waals surface area contributed by atoms with E-state index >= 15 is 0 Å². The van der Waals surface area contributed by atoms with Crippen LogP contribution in [0.5, 0.6) is 0 Å². The van der Waals surface area contributed by atoms with Crippen molar-refractivity contribution in [1.82, 2.24) is 34.1 Å². The van der Waals surface area contributed by atoms with Crippen molar-refractivity contribution in [2.24, 2.45) is 0 Å². The Balaban J connectivity index is 1.14. The van der Waals surface area contributed by atoms with E-state index in [4.69, 9.17) is 0 Å². The second-order valence-corrected chi connectivity index (χ2v) is 14.9. The van der Waals surface area contributed by atoms with Gasteiger partial charge in [-0.15, -0.1) is 0 Å². The number of aromatic nitrogens is 3. The summed E-state index contributed by atoms with van der Waals surface area (Å²) in [6, 6.07) is 17.5. The van der Waals surface area contributed by atoms with E-state index in [0.717, 1.165) is 62.9 Å².